The number of carbonyl (C=O) groups excluding carboxylic acids is 2. The van der Waals surface area contributed by atoms with E-state index in [1.165, 1.54) is 6.92 Å². The Balaban J connectivity index is 4.10. The van der Waals surface area contributed by atoms with Gasteiger partial charge in [0.1, 0.15) is 12.4 Å². The number of amides is 1. The van der Waals surface area contributed by atoms with Gasteiger partial charge in [0.15, 0.2) is 0 Å². The zero-order chi connectivity index (χ0) is 12.0. The van der Waals surface area contributed by atoms with E-state index in [1.54, 1.807) is 4.90 Å². The first-order valence-corrected chi connectivity index (χ1v) is 5.30. The van der Waals surface area contributed by atoms with Crippen LogP contribution in [-0.2, 0) is 9.53 Å². The third-order valence-electron chi connectivity index (χ3n) is 2.00. The van der Waals surface area contributed by atoms with Crippen LogP contribution in [0, 0.1) is 0 Å². The van der Waals surface area contributed by atoms with Crippen molar-refractivity contribution in [1.82, 2.24) is 4.90 Å². The van der Waals surface area contributed by atoms with Gasteiger partial charge < -0.3 is 9.64 Å². The zero-order valence-corrected chi connectivity index (χ0v) is 10.2. The van der Waals surface area contributed by atoms with Gasteiger partial charge in [-0.1, -0.05) is 0 Å². The number of carbonyl (C=O) groups is 2. The minimum atomic E-state index is -0.346. The van der Waals surface area contributed by atoms with E-state index in [0.717, 1.165) is 0 Å². The van der Waals surface area contributed by atoms with Crippen molar-refractivity contribution in [3.8, 4) is 0 Å². The Bertz CT molecular complexity index is 216. The van der Waals surface area contributed by atoms with Crippen LogP contribution in [0.4, 0.5) is 4.79 Å². The summed E-state index contributed by atoms with van der Waals surface area (Å²) < 4.78 is 5.00. The van der Waals surface area contributed by atoms with E-state index in [1.807, 2.05) is 27.7 Å². The molecule has 0 atom stereocenters. The summed E-state index contributed by atoms with van der Waals surface area (Å²) in [5.74, 6) is 0.0310. The fourth-order valence-electron chi connectivity index (χ4n) is 1.37. The van der Waals surface area contributed by atoms with Gasteiger partial charge in [-0.2, -0.15) is 0 Å². The molecular weight excluding hydrogens is 194 g/mol. The summed E-state index contributed by atoms with van der Waals surface area (Å²) in [7, 11) is 0. The van der Waals surface area contributed by atoms with Crippen molar-refractivity contribution < 1.29 is 14.3 Å². The molecule has 88 valence electrons. The molecule has 0 N–H and O–H groups in total. The van der Waals surface area contributed by atoms with Crippen molar-refractivity contribution in [2.24, 2.45) is 0 Å². The van der Waals surface area contributed by atoms with Crippen molar-refractivity contribution >= 4 is 11.9 Å². The molecule has 0 fully saturated rings. The van der Waals surface area contributed by atoms with Crippen molar-refractivity contribution in [3.63, 3.8) is 0 Å². The van der Waals surface area contributed by atoms with Crippen LogP contribution >= 0.6 is 0 Å². The first-order valence-electron chi connectivity index (χ1n) is 5.30. The van der Waals surface area contributed by atoms with E-state index < -0.39 is 0 Å². The lowest BCUT2D eigenvalue weighted by atomic mass is 10.2. The van der Waals surface area contributed by atoms with Gasteiger partial charge in [0, 0.05) is 18.5 Å². The molecule has 0 bridgehead atoms. The van der Waals surface area contributed by atoms with Gasteiger partial charge >= 0.3 is 6.09 Å². The summed E-state index contributed by atoms with van der Waals surface area (Å²) in [4.78, 5) is 23.9. The lowest BCUT2D eigenvalue weighted by Gasteiger charge is -2.29. The Kier molecular flexibility index (Phi) is 5.97. The Morgan fingerprint density at radius 2 is 1.60 bits per heavy atom. The maximum atomic E-state index is 11.6. The molecule has 4 nitrogen and oxygen atoms in total. The molecule has 0 aliphatic rings. The second-order valence-corrected chi connectivity index (χ2v) is 4.16. The monoisotopic (exact) mass is 215 g/mol. The highest BCUT2D eigenvalue weighted by Gasteiger charge is 2.21. The van der Waals surface area contributed by atoms with Gasteiger partial charge in [-0.3, -0.25) is 4.79 Å². The van der Waals surface area contributed by atoms with Crippen LogP contribution in [0.15, 0.2) is 0 Å². The Hall–Kier alpha value is -1.06. The van der Waals surface area contributed by atoms with E-state index in [4.69, 9.17) is 4.74 Å². The zero-order valence-electron chi connectivity index (χ0n) is 10.2. The average Bonchev–Trinajstić information content (AvgIpc) is 2.01. The molecule has 0 spiro atoms. The third-order valence-corrected chi connectivity index (χ3v) is 2.00. The molecular formula is C11H21NO3. The maximum Gasteiger partial charge on any atom is 0.410 e. The van der Waals surface area contributed by atoms with Crippen molar-refractivity contribution in [2.75, 3.05) is 6.61 Å². The Morgan fingerprint density at radius 3 is 1.93 bits per heavy atom. The minimum Gasteiger partial charge on any atom is -0.449 e. The number of hydrogen-bond donors (Lipinski definition) is 0. The fourth-order valence-corrected chi connectivity index (χ4v) is 1.37. The van der Waals surface area contributed by atoms with E-state index in [0.29, 0.717) is 0 Å². The van der Waals surface area contributed by atoms with Gasteiger partial charge in [-0.15, -0.1) is 0 Å². The molecule has 1 amide bonds. The molecule has 0 unspecified atom stereocenters. The van der Waals surface area contributed by atoms with Gasteiger partial charge in [0.2, 0.25) is 0 Å². The van der Waals surface area contributed by atoms with Gasteiger partial charge in [-0.05, 0) is 34.6 Å². The third kappa shape index (κ3) is 5.40. The van der Waals surface area contributed by atoms with Crippen LogP contribution in [0.5, 0.6) is 0 Å². The summed E-state index contributed by atoms with van der Waals surface area (Å²) in [5.41, 5.74) is 0. The van der Waals surface area contributed by atoms with Gasteiger partial charge in [-0.25, -0.2) is 4.79 Å². The number of Topliss-reactive ketones (excluding diaryl/α,β-unsaturated/α-hetero) is 1. The molecule has 0 rings (SSSR count). The average molecular weight is 215 g/mol. The molecule has 0 aliphatic heterocycles. The molecule has 0 heterocycles. The van der Waals surface area contributed by atoms with E-state index in [-0.39, 0.29) is 37.0 Å². The summed E-state index contributed by atoms with van der Waals surface area (Å²) in [6.45, 7) is 9.40. The number of ketones is 1. The molecule has 4 heteroatoms. The molecule has 0 aromatic rings. The van der Waals surface area contributed by atoms with Crippen molar-refractivity contribution in [3.05, 3.63) is 0 Å². The summed E-state index contributed by atoms with van der Waals surface area (Å²) in [5, 5.41) is 0. The predicted molar refractivity (Wildman–Crippen MR) is 58.8 cm³/mol. The second kappa shape index (κ2) is 6.43. The van der Waals surface area contributed by atoms with Gasteiger partial charge in [0.25, 0.3) is 0 Å². The maximum absolute atomic E-state index is 11.6. The summed E-state index contributed by atoms with van der Waals surface area (Å²) in [6.07, 6.45) is -0.0586. The van der Waals surface area contributed by atoms with Crippen LogP contribution in [0.3, 0.4) is 0 Å². The topological polar surface area (TPSA) is 46.6 Å². The molecule has 0 aromatic carbocycles. The molecule has 0 aliphatic carbocycles. The fraction of sp³-hybridized carbons (Fsp3) is 0.818. The van der Waals surface area contributed by atoms with Crippen LogP contribution in [0.2, 0.25) is 0 Å². The first kappa shape index (κ1) is 13.9. The van der Waals surface area contributed by atoms with E-state index in [2.05, 4.69) is 0 Å². The second-order valence-electron chi connectivity index (χ2n) is 4.16. The van der Waals surface area contributed by atoms with Crippen LogP contribution < -0.4 is 0 Å². The molecule has 0 saturated heterocycles. The summed E-state index contributed by atoms with van der Waals surface area (Å²) in [6, 6.07) is 0.213. The molecule has 0 aromatic heterocycles. The summed E-state index contributed by atoms with van der Waals surface area (Å²) >= 11 is 0. The number of nitrogens with zero attached hydrogens (tertiary/aromatic N) is 1. The molecule has 15 heavy (non-hydrogen) atoms. The lowest BCUT2D eigenvalue weighted by Crippen LogP contribution is -2.42. The number of ether oxygens (including phenoxy) is 1. The van der Waals surface area contributed by atoms with Crippen LogP contribution in [0.25, 0.3) is 0 Å². The number of hydrogen-bond acceptors (Lipinski definition) is 3. The minimum absolute atomic E-state index is 0.0310. The SMILES string of the molecule is CC(=O)CCOC(=O)N(C(C)C)C(C)C. The normalized spacial score (nSPS) is 10.6. The van der Waals surface area contributed by atoms with E-state index in [9.17, 15) is 9.59 Å². The van der Waals surface area contributed by atoms with Crippen molar-refractivity contribution in [1.29, 1.82) is 0 Å². The predicted octanol–water partition coefficient (Wildman–Crippen LogP) is 2.22. The highest BCUT2D eigenvalue weighted by Crippen LogP contribution is 2.07. The Morgan fingerprint density at radius 1 is 1.13 bits per heavy atom. The number of rotatable bonds is 5. The van der Waals surface area contributed by atoms with Crippen LogP contribution in [-0.4, -0.2) is 35.5 Å². The van der Waals surface area contributed by atoms with Crippen molar-refractivity contribution in [2.45, 2.75) is 53.1 Å². The highest BCUT2D eigenvalue weighted by atomic mass is 16.6. The molecule has 0 radical (unpaired) electrons. The molecule has 0 saturated carbocycles. The standard InChI is InChI=1S/C11H21NO3/c1-8(2)12(9(3)4)11(14)15-7-6-10(5)13/h8-9H,6-7H2,1-5H3. The Labute approximate surface area is 91.6 Å². The quantitative estimate of drug-likeness (QED) is 0.706. The van der Waals surface area contributed by atoms with Crippen LogP contribution in [0.1, 0.15) is 41.0 Å². The largest absolute Gasteiger partial charge is 0.449 e. The lowest BCUT2D eigenvalue weighted by molar-refractivity contribution is -0.117. The van der Waals surface area contributed by atoms with E-state index >= 15 is 0 Å². The van der Waals surface area contributed by atoms with Gasteiger partial charge in [0.05, 0.1) is 0 Å². The smallest absolute Gasteiger partial charge is 0.410 e. The first-order chi connectivity index (χ1) is 6.86. The highest BCUT2D eigenvalue weighted by molar-refractivity contribution is 5.76.